The number of piperazine rings is 1. The molecule has 0 bridgehead atoms. The zero-order chi connectivity index (χ0) is 23.5. The maximum absolute atomic E-state index is 13.3. The molecule has 9 heteroatoms. The van der Waals surface area contributed by atoms with Crippen LogP contribution in [0.3, 0.4) is 0 Å². The van der Waals surface area contributed by atoms with E-state index in [1.54, 1.807) is 35.9 Å². The van der Waals surface area contributed by atoms with Crippen LogP contribution in [0.1, 0.15) is 22.8 Å². The molecule has 3 aromatic rings. The fraction of sp³-hybridized carbons (Fsp3) is 0.292. The highest BCUT2D eigenvalue weighted by molar-refractivity contribution is 6.45. The van der Waals surface area contributed by atoms with E-state index in [1.807, 2.05) is 0 Å². The van der Waals surface area contributed by atoms with Gasteiger partial charge in [0, 0.05) is 49.8 Å². The summed E-state index contributed by atoms with van der Waals surface area (Å²) >= 11 is 0. The quantitative estimate of drug-likeness (QED) is 0.474. The zero-order valence-corrected chi connectivity index (χ0v) is 18.2. The maximum atomic E-state index is 13.3. The minimum Gasteiger partial charge on any atom is -0.508 e. The molecule has 1 aromatic heterocycles. The van der Waals surface area contributed by atoms with E-state index < -0.39 is 17.8 Å². The molecular weight excluding hydrogens is 429 g/mol. The summed E-state index contributed by atoms with van der Waals surface area (Å²) < 4.78 is 20.0. The molecule has 1 fully saturated rings. The summed E-state index contributed by atoms with van der Waals surface area (Å²) in [5.74, 6) is -1.71. The number of ether oxygens (including phenoxy) is 1. The number of carbonyl (C=O) groups is 3. The lowest BCUT2D eigenvalue weighted by atomic mass is 10.1. The molecule has 0 unspecified atom stereocenters. The van der Waals surface area contributed by atoms with Crippen LogP contribution in [-0.2, 0) is 16.1 Å². The van der Waals surface area contributed by atoms with Gasteiger partial charge in [0.15, 0.2) is 0 Å². The SMILES string of the molecule is CCOC(=O)N1CCN(C(=O)C(=O)c2cn(Cc3ccc(F)cc3)c3ccc(O)cc23)CC1. The van der Waals surface area contributed by atoms with Crippen LogP contribution in [0, 0.1) is 5.82 Å². The number of hydrogen-bond acceptors (Lipinski definition) is 5. The highest BCUT2D eigenvalue weighted by atomic mass is 19.1. The zero-order valence-electron chi connectivity index (χ0n) is 18.2. The summed E-state index contributed by atoms with van der Waals surface area (Å²) in [5, 5.41) is 10.4. The number of phenols is 1. The van der Waals surface area contributed by atoms with Gasteiger partial charge in [-0.25, -0.2) is 9.18 Å². The molecule has 1 saturated heterocycles. The van der Waals surface area contributed by atoms with E-state index in [0.717, 1.165) is 5.56 Å². The molecule has 0 radical (unpaired) electrons. The standard InChI is InChI=1S/C24H24FN3O5/c1-2-33-24(32)27-11-9-26(10-12-27)23(31)22(30)20-15-28(14-16-3-5-17(25)6-4-16)21-8-7-18(29)13-19(20)21/h3-8,13,15,29H,2,9-12,14H2,1H3. The van der Waals surface area contributed by atoms with Crippen LogP contribution < -0.4 is 0 Å². The van der Waals surface area contributed by atoms with Gasteiger partial charge >= 0.3 is 6.09 Å². The number of aromatic nitrogens is 1. The summed E-state index contributed by atoms with van der Waals surface area (Å²) in [6.45, 7) is 3.37. The molecule has 1 N–H and O–H groups in total. The third-order valence-corrected chi connectivity index (χ3v) is 5.66. The molecule has 8 nitrogen and oxygen atoms in total. The van der Waals surface area contributed by atoms with Crippen molar-refractivity contribution in [2.45, 2.75) is 13.5 Å². The molecule has 0 aliphatic carbocycles. The molecule has 2 amide bonds. The third kappa shape index (κ3) is 4.67. The summed E-state index contributed by atoms with van der Waals surface area (Å²) in [6, 6.07) is 10.7. The summed E-state index contributed by atoms with van der Waals surface area (Å²) in [4.78, 5) is 40.9. The van der Waals surface area contributed by atoms with Crippen LogP contribution in [0.15, 0.2) is 48.7 Å². The van der Waals surface area contributed by atoms with Gasteiger partial charge in [0.25, 0.3) is 11.7 Å². The Morgan fingerprint density at radius 2 is 1.67 bits per heavy atom. The van der Waals surface area contributed by atoms with E-state index in [-0.39, 0.29) is 49.9 Å². The van der Waals surface area contributed by atoms with Crippen molar-refractivity contribution in [2.75, 3.05) is 32.8 Å². The van der Waals surface area contributed by atoms with Gasteiger partial charge in [0.2, 0.25) is 0 Å². The van der Waals surface area contributed by atoms with Gasteiger partial charge in [-0.05, 0) is 42.8 Å². The van der Waals surface area contributed by atoms with Gasteiger partial charge in [0.05, 0.1) is 12.2 Å². The van der Waals surface area contributed by atoms with E-state index >= 15 is 0 Å². The molecule has 172 valence electrons. The fourth-order valence-electron chi connectivity index (χ4n) is 3.95. The molecule has 33 heavy (non-hydrogen) atoms. The molecular formula is C24H24FN3O5. The Bertz CT molecular complexity index is 1200. The average Bonchev–Trinajstić information content (AvgIpc) is 3.17. The van der Waals surface area contributed by atoms with Crippen molar-refractivity contribution in [3.63, 3.8) is 0 Å². The number of fused-ring (bicyclic) bond motifs is 1. The van der Waals surface area contributed by atoms with E-state index in [0.29, 0.717) is 17.4 Å². The van der Waals surface area contributed by atoms with Gasteiger partial charge in [0.1, 0.15) is 11.6 Å². The molecule has 1 aliphatic rings. The first-order valence-corrected chi connectivity index (χ1v) is 10.7. The van der Waals surface area contributed by atoms with Crippen LogP contribution in [0.2, 0.25) is 0 Å². The smallest absolute Gasteiger partial charge is 0.409 e. The Hall–Kier alpha value is -3.88. The number of hydrogen-bond donors (Lipinski definition) is 1. The molecule has 4 rings (SSSR count). The van der Waals surface area contributed by atoms with E-state index in [4.69, 9.17) is 4.74 Å². The van der Waals surface area contributed by atoms with Gasteiger partial charge in [-0.15, -0.1) is 0 Å². The van der Waals surface area contributed by atoms with Gasteiger partial charge in [-0.1, -0.05) is 12.1 Å². The number of benzene rings is 2. The predicted octanol–water partition coefficient (Wildman–Crippen LogP) is 3.02. The van der Waals surface area contributed by atoms with Gasteiger partial charge in [-0.3, -0.25) is 9.59 Å². The second-order valence-electron chi connectivity index (χ2n) is 7.81. The average molecular weight is 453 g/mol. The molecule has 0 saturated carbocycles. The largest absolute Gasteiger partial charge is 0.508 e. The molecule has 2 aromatic carbocycles. The lowest BCUT2D eigenvalue weighted by molar-refractivity contribution is -0.128. The van der Waals surface area contributed by atoms with Crippen LogP contribution in [0.5, 0.6) is 5.75 Å². The first kappa shape index (κ1) is 22.3. The number of Topliss-reactive ketones (excluding diaryl/α,β-unsaturated/α-hetero) is 1. The van der Waals surface area contributed by atoms with Crippen molar-refractivity contribution in [3.8, 4) is 5.75 Å². The Morgan fingerprint density at radius 3 is 2.33 bits per heavy atom. The van der Waals surface area contributed by atoms with Crippen molar-refractivity contribution < 1.29 is 28.6 Å². The van der Waals surface area contributed by atoms with Crippen LogP contribution in [-0.4, -0.2) is 70.0 Å². The summed E-state index contributed by atoms with van der Waals surface area (Å²) in [6.07, 6.45) is 1.15. The minimum atomic E-state index is -0.687. The summed E-state index contributed by atoms with van der Waals surface area (Å²) in [5.41, 5.74) is 1.67. The van der Waals surface area contributed by atoms with E-state index in [9.17, 15) is 23.9 Å². The van der Waals surface area contributed by atoms with Gasteiger partial charge < -0.3 is 24.2 Å². The van der Waals surface area contributed by atoms with Crippen molar-refractivity contribution in [1.82, 2.24) is 14.4 Å². The Morgan fingerprint density at radius 1 is 1.00 bits per heavy atom. The van der Waals surface area contributed by atoms with Crippen molar-refractivity contribution in [2.24, 2.45) is 0 Å². The summed E-state index contributed by atoms with van der Waals surface area (Å²) in [7, 11) is 0. The lowest BCUT2D eigenvalue weighted by Crippen LogP contribution is -2.52. The minimum absolute atomic E-state index is 0.0217. The number of rotatable bonds is 5. The maximum Gasteiger partial charge on any atom is 0.409 e. The number of aromatic hydroxyl groups is 1. The number of amides is 2. The van der Waals surface area contributed by atoms with Crippen LogP contribution in [0.4, 0.5) is 9.18 Å². The second-order valence-corrected chi connectivity index (χ2v) is 7.81. The van der Waals surface area contributed by atoms with Crippen LogP contribution >= 0.6 is 0 Å². The third-order valence-electron chi connectivity index (χ3n) is 5.66. The van der Waals surface area contributed by atoms with E-state index in [2.05, 4.69) is 0 Å². The number of ketones is 1. The number of phenolic OH excluding ortho intramolecular Hbond substituents is 1. The second kappa shape index (κ2) is 9.32. The number of nitrogens with zero attached hydrogens (tertiary/aromatic N) is 3. The number of halogens is 1. The molecule has 0 spiro atoms. The fourth-order valence-corrected chi connectivity index (χ4v) is 3.95. The Kier molecular flexibility index (Phi) is 6.30. The highest BCUT2D eigenvalue weighted by Gasteiger charge is 2.30. The monoisotopic (exact) mass is 453 g/mol. The molecule has 0 atom stereocenters. The Labute approximate surface area is 189 Å². The molecule has 2 heterocycles. The lowest BCUT2D eigenvalue weighted by Gasteiger charge is -2.33. The van der Waals surface area contributed by atoms with Crippen molar-refractivity contribution in [1.29, 1.82) is 0 Å². The topological polar surface area (TPSA) is 92.1 Å². The van der Waals surface area contributed by atoms with Gasteiger partial charge in [-0.2, -0.15) is 0 Å². The van der Waals surface area contributed by atoms with Crippen molar-refractivity contribution >= 4 is 28.7 Å². The first-order chi connectivity index (χ1) is 15.9. The van der Waals surface area contributed by atoms with E-state index in [1.165, 1.54) is 34.1 Å². The Balaban J connectivity index is 1.56. The molecule has 1 aliphatic heterocycles. The number of carbonyl (C=O) groups excluding carboxylic acids is 3. The normalized spacial score (nSPS) is 13.9. The first-order valence-electron chi connectivity index (χ1n) is 10.7. The highest BCUT2D eigenvalue weighted by Crippen LogP contribution is 2.27. The van der Waals surface area contributed by atoms with Crippen molar-refractivity contribution in [3.05, 3.63) is 65.6 Å². The predicted molar refractivity (Wildman–Crippen MR) is 119 cm³/mol. The van der Waals surface area contributed by atoms with Crippen LogP contribution in [0.25, 0.3) is 10.9 Å².